The van der Waals surface area contributed by atoms with Crippen LogP contribution in [0.15, 0.2) is 48.5 Å². The molecule has 0 aliphatic heterocycles. The number of anilines is 2. The van der Waals surface area contributed by atoms with Gasteiger partial charge in [-0.05, 0) is 35.4 Å². The first-order valence-electron chi connectivity index (χ1n) is 8.27. The monoisotopic (exact) mass is 403 g/mol. The normalized spacial score (nSPS) is 10.4. The Kier molecular flexibility index (Phi) is 6.88. The van der Waals surface area contributed by atoms with Crippen molar-refractivity contribution in [2.75, 3.05) is 43.3 Å². The summed E-state index contributed by atoms with van der Waals surface area (Å²) < 4.78 is 0. The van der Waals surface area contributed by atoms with Crippen LogP contribution in [0.25, 0.3) is 0 Å². The fourth-order valence-electron chi connectivity index (χ4n) is 2.56. The van der Waals surface area contributed by atoms with Crippen LogP contribution in [0.1, 0.15) is 11.1 Å². The number of carbonyl (C=O) groups is 1. The molecule has 25 heavy (non-hydrogen) atoms. The van der Waals surface area contributed by atoms with Gasteiger partial charge in [0.15, 0.2) is 0 Å². The standard InChI is InChI=1S/C20H26BrN3O/c1-22(2)18-9-5-16(6-10-18)14-24(20(25)13-21)15-17-7-11-19(12-8-17)23(3)4/h5-12H,13-15H2,1-4H3. The molecule has 0 saturated carbocycles. The Bertz CT molecular complexity index is 628. The van der Waals surface area contributed by atoms with Crippen molar-refractivity contribution in [3.63, 3.8) is 0 Å². The molecule has 5 heteroatoms. The Balaban J connectivity index is 2.11. The van der Waals surface area contributed by atoms with Crippen molar-refractivity contribution in [2.45, 2.75) is 13.1 Å². The molecule has 0 heterocycles. The number of rotatable bonds is 7. The van der Waals surface area contributed by atoms with Gasteiger partial charge in [-0.3, -0.25) is 4.79 Å². The molecule has 0 saturated heterocycles. The van der Waals surface area contributed by atoms with Crippen molar-refractivity contribution in [2.24, 2.45) is 0 Å². The van der Waals surface area contributed by atoms with E-state index >= 15 is 0 Å². The van der Waals surface area contributed by atoms with Gasteiger partial charge in [0.25, 0.3) is 0 Å². The lowest BCUT2D eigenvalue weighted by Crippen LogP contribution is -2.30. The minimum Gasteiger partial charge on any atom is -0.378 e. The number of carbonyl (C=O) groups excluding carboxylic acids is 1. The molecule has 4 nitrogen and oxygen atoms in total. The third kappa shape index (κ3) is 5.49. The third-order valence-corrected chi connectivity index (χ3v) is 4.60. The second-order valence-corrected chi connectivity index (χ2v) is 7.07. The van der Waals surface area contributed by atoms with Crippen LogP contribution in [0.5, 0.6) is 0 Å². The van der Waals surface area contributed by atoms with E-state index < -0.39 is 0 Å². The van der Waals surface area contributed by atoms with Crippen molar-refractivity contribution >= 4 is 33.2 Å². The zero-order valence-corrected chi connectivity index (χ0v) is 17.0. The Labute approximate surface area is 159 Å². The minimum absolute atomic E-state index is 0.0911. The molecule has 2 aromatic carbocycles. The smallest absolute Gasteiger partial charge is 0.233 e. The molecule has 0 bridgehead atoms. The van der Waals surface area contributed by atoms with E-state index in [9.17, 15) is 4.79 Å². The lowest BCUT2D eigenvalue weighted by molar-refractivity contribution is -0.129. The quantitative estimate of drug-likeness (QED) is 0.658. The second-order valence-electron chi connectivity index (χ2n) is 6.51. The highest BCUT2D eigenvalue weighted by Crippen LogP contribution is 2.17. The number of hydrogen-bond donors (Lipinski definition) is 0. The van der Waals surface area contributed by atoms with Gasteiger partial charge in [-0.25, -0.2) is 0 Å². The van der Waals surface area contributed by atoms with Crippen LogP contribution >= 0.6 is 15.9 Å². The summed E-state index contributed by atoms with van der Waals surface area (Å²) in [5.74, 6) is 0.0911. The summed E-state index contributed by atoms with van der Waals surface area (Å²) in [5, 5.41) is 0.332. The van der Waals surface area contributed by atoms with Gasteiger partial charge in [-0.1, -0.05) is 40.2 Å². The molecule has 0 radical (unpaired) electrons. The predicted octanol–water partition coefficient (Wildman–Crippen LogP) is 3.74. The molecule has 0 fully saturated rings. The zero-order chi connectivity index (χ0) is 18.4. The molecule has 0 aliphatic rings. The molecular weight excluding hydrogens is 378 g/mol. The topological polar surface area (TPSA) is 26.8 Å². The summed E-state index contributed by atoms with van der Waals surface area (Å²) in [6.07, 6.45) is 0. The maximum atomic E-state index is 12.3. The van der Waals surface area contributed by atoms with Crippen molar-refractivity contribution in [1.82, 2.24) is 4.90 Å². The molecule has 0 aliphatic carbocycles. The van der Waals surface area contributed by atoms with Gasteiger partial charge in [0, 0.05) is 52.7 Å². The summed E-state index contributed by atoms with van der Waals surface area (Å²) in [5.41, 5.74) is 4.57. The second kappa shape index (κ2) is 8.90. The number of amides is 1. The van der Waals surface area contributed by atoms with Crippen LogP contribution in [-0.2, 0) is 17.9 Å². The molecule has 2 rings (SSSR count). The maximum absolute atomic E-state index is 12.3. The Morgan fingerprint density at radius 1 is 0.760 bits per heavy atom. The van der Waals surface area contributed by atoms with E-state index in [-0.39, 0.29) is 5.91 Å². The van der Waals surface area contributed by atoms with Gasteiger partial charge >= 0.3 is 0 Å². The van der Waals surface area contributed by atoms with Gasteiger partial charge in [0.2, 0.25) is 5.91 Å². The van der Waals surface area contributed by atoms with Crippen LogP contribution in [-0.4, -0.2) is 44.3 Å². The summed E-state index contributed by atoms with van der Waals surface area (Å²) in [4.78, 5) is 18.3. The fourth-order valence-corrected chi connectivity index (χ4v) is 2.91. The number of benzene rings is 2. The van der Waals surface area contributed by atoms with Gasteiger partial charge in [-0.15, -0.1) is 0 Å². The first kappa shape index (κ1) is 19.3. The van der Waals surface area contributed by atoms with Crippen molar-refractivity contribution in [3.05, 3.63) is 59.7 Å². The average molecular weight is 404 g/mol. The zero-order valence-electron chi connectivity index (χ0n) is 15.4. The van der Waals surface area contributed by atoms with Gasteiger partial charge < -0.3 is 14.7 Å². The minimum atomic E-state index is 0.0911. The first-order chi connectivity index (χ1) is 11.9. The lowest BCUT2D eigenvalue weighted by Gasteiger charge is -2.23. The van der Waals surface area contributed by atoms with E-state index in [4.69, 9.17) is 0 Å². The van der Waals surface area contributed by atoms with Gasteiger partial charge in [0.1, 0.15) is 0 Å². The molecule has 134 valence electrons. The molecule has 0 aromatic heterocycles. The Morgan fingerprint density at radius 2 is 1.12 bits per heavy atom. The maximum Gasteiger partial charge on any atom is 0.233 e. The van der Waals surface area contributed by atoms with E-state index in [1.807, 2.05) is 33.1 Å². The summed E-state index contributed by atoms with van der Waals surface area (Å²) >= 11 is 3.30. The number of halogens is 1. The van der Waals surface area contributed by atoms with Crippen molar-refractivity contribution < 1.29 is 4.79 Å². The highest BCUT2D eigenvalue weighted by Gasteiger charge is 2.14. The molecule has 0 atom stereocenters. The van der Waals surface area contributed by atoms with Crippen LogP contribution in [0.3, 0.4) is 0 Å². The third-order valence-electron chi connectivity index (χ3n) is 4.12. The van der Waals surface area contributed by atoms with E-state index in [0.29, 0.717) is 18.4 Å². The summed E-state index contributed by atoms with van der Waals surface area (Å²) in [7, 11) is 8.08. The van der Waals surface area contributed by atoms with Crippen molar-refractivity contribution in [3.8, 4) is 0 Å². The molecule has 2 aromatic rings. The van der Waals surface area contributed by atoms with E-state index in [0.717, 1.165) is 22.5 Å². The number of hydrogen-bond acceptors (Lipinski definition) is 3. The van der Waals surface area contributed by atoms with E-state index in [1.165, 1.54) is 0 Å². The first-order valence-corrected chi connectivity index (χ1v) is 9.39. The van der Waals surface area contributed by atoms with Gasteiger partial charge in [0.05, 0.1) is 5.33 Å². The molecule has 0 N–H and O–H groups in total. The largest absolute Gasteiger partial charge is 0.378 e. The fraction of sp³-hybridized carbons (Fsp3) is 0.350. The van der Waals surface area contributed by atoms with E-state index in [2.05, 4.69) is 74.3 Å². The molecule has 1 amide bonds. The van der Waals surface area contributed by atoms with Crippen molar-refractivity contribution in [1.29, 1.82) is 0 Å². The molecule has 0 unspecified atom stereocenters. The molecular formula is C20H26BrN3O. The Hall–Kier alpha value is -2.01. The van der Waals surface area contributed by atoms with Gasteiger partial charge in [-0.2, -0.15) is 0 Å². The highest BCUT2D eigenvalue weighted by molar-refractivity contribution is 9.09. The SMILES string of the molecule is CN(C)c1ccc(CN(Cc2ccc(N(C)C)cc2)C(=O)CBr)cc1. The van der Waals surface area contributed by atoms with Crippen LogP contribution in [0.2, 0.25) is 0 Å². The average Bonchev–Trinajstić information content (AvgIpc) is 2.61. The van der Waals surface area contributed by atoms with Crippen LogP contribution in [0, 0.1) is 0 Å². The van der Waals surface area contributed by atoms with Crippen LogP contribution < -0.4 is 9.80 Å². The lowest BCUT2D eigenvalue weighted by atomic mass is 10.1. The summed E-state index contributed by atoms with van der Waals surface area (Å²) in [6, 6.07) is 16.7. The number of nitrogens with zero attached hydrogens (tertiary/aromatic N) is 3. The van der Waals surface area contributed by atoms with Crippen LogP contribution in [0.4, 0.5) is 11.4 Å². The number of alkyl halides is 1. The molecule has 0 spiro atoms. The summed E-state index contributed by atoms with van der Waals surface area (Å²) in [6.45, 7) is 1.21. The Morgan fingerprint density at radius 3 is 1.40 bits per heavy atom. The predicted molar refractivity (Wildman–Crippen MR) is 110 cm³/mol. The van der Waals surface area contributed by atoms with E-state index in [1.54, 1.807) is 0 Å². The highest BCUT2D eigenvalue weighted by atomic mass is 79.9.